The van der Waals surface area contributed by atoms with Crippen molar-refractivity contribution < 1.29 is 14.9 Å². The lowest BCUT2D eigenvalue weighted by atomic mass is 9.66. The number of aliphatic hydroxyl groups is 2. The van der Waals surface area contributed by atoms with Gasteiger partial charge in [0.2, 0.25) is 0 Å². The van der Waals surface area contributed by atoms with Crippen LogP contribution >= 0.6 is 0 Å². The first-order valence-corrected chi connectivity index (χ1v) is 11.1. The van der Waals surface area contributed by atoms with Gasteiger partial charge in [0.15, 0.2) is 0 Å². The molecule has 0 saturated heterocycles. The predicted octanol–water partition coefficient (Wildman–Crippen LogP) is 4.20. The van der Waals surface area contributed by atoms with Gasteiger partial charge in [-0.25, -0.2) is 0 Å². The summed E-state index contributed by atoms with van der Waals surface area (Å²) in [6.45, 7) is 14.2. The Morgan fingerprint density at radius 2 is 1.76 bits per heavy atom. The maximum absolute atomic E-state index is 11.1. The third-order valence-electron chi connectivity index (χ3n) is 6.56. The zero-order valence-electron chi connectivity index (χ0n) is 19.4. The van der Waals surface area contributed by atoms with Crippen LogP contribution in [-0.4, -0.2) is 54.6 Å². The maximum atomic E-state index is 11.1. The van der Waals surface area contributed by atoms with Gasteiger partial charge in [0.05, 0.1) is 19.3 Å². The Morgan fingerprint density at radius 3 is 2.34 bits per heavy atom. The van der Waals surface area contributed by atoms with E-state index >= 15 is 0 Å². The molecular formula is C25H43NO3. The van der Waals surface area contributed by atoms with E-state index in [0.29, 0.717) is 13.2 Å². The summed E-state index contributed by atoms with van der Waals surface area (Å²) < 4.78 is 6.00. The minimum Gasteiger partial charge on any atom is -0.396 e. The van der Waals surface area contributed by atoms with Crippen molar-refractivity contribution in [3.05, 3.63) is 35.9 Å². The Bertz CT molecular complexity index is 596. The van der Waals surface area contributed by atoms with Crippen LogP contribution in [0.2, 0.25) is 0 Å². The molecule has 4 nitrogen and oxygen atoms in total. The first-order valence-electron chi connectivity index (χ1n) is 11.1. The first-order chi connectivity index (χ1) is 13.5. The van der Waals surface area contributed by atoms with Crippen LogP contribution < -0.4 is 0 Å². The van der Waals surface area contributed by atoms with E-state index in [4.69, 9.17) is 4.74 Å². The molecule has 1 aromatic carbocycles. The summed E-state index contributed by atoms with van der Waals surface area (Å²) >= 11 is 0. The number of benzene rings is 1. The van der Waals surface area contributed by atoms with Crippen LogP contribution in [-0.2, 0) is 11.3 Å². The molecule has 1 fully saturated rings. The highest BCUT2D eigenvalue weighted by Gasteiger charge is 2.41. The molecule has 0 radical (unpaired) electrons. The molecule has 1 saturated carbocycles. The van der Waals surface area contributed by atoms with E-state index in [2.05, 4.69) is 58.7 Å². The highest BCUT2D eigenvalue weighted by molar-refractivity contribution is 5.13. The van der Waals surface area contributed by atoms with Crippen molar-refractivity contribution in [2.24, 2.45) is 28.6 Å². The van der Waals surface area contributed by atoms with E-state index in [1.807, 2.05) is 18.2 Å². The number of nitrogens with zero attached hydrogens (tertiary/aromatic N) is 1. The van der Waals surface area contributed by atoms with Crippen molar-refractivity contribution in [3.63, 3.8) is 0 Å². The third kappa shape index (κ3) is 7.67. The van der Waals surface area contributed by atoms with Gasteiger partial charge in [0.1, 0.15) is 0 Å². The van der Waals surface area contributed by atoms with E-state index in [-0.39, 0.29) is 41.3 Å². The smallest absolute Gasteiger partial charge is 0.0717 e. The Kier molecular flexibility index (Phi) is 8.72. The van der Waals surface area contributed by atoms with E-state index in [1.54, 1.807) is 0 Å². The molecule has 4 heteroatoms. The largest absolute Gasteiger partial charge is 0.396 e. The standard InChI is InChI=1S/C25H43NO3/c1-24(2,3)22(16-27)15-26(6)14-20-12-25(4,5)13-21(23(20)28)18-29-17-19-10-8-7-9-11-19/h7-11,20-23,27-28H,12-18H2,1-6H3/t20-,21+,22+,23-/m0/s1. The average Bonchev–Trinajstić information content (AvgIpc) is 2.63. The molecule has 29 heavy (non-hydrogen) atoms. The van der Waals surface area contributed by atoms with Gasteiger partial charge in [-0.2, -0.15) is 0 Å². The Labute approximate surface area is 178 Å². The van der Waals surface area contributed by atoms with Gasteiger partial charge in [0.25, 0.3) is 0 Å². The molecule has 4 atom stereocenters. The van der Waals surface area contributed by atoms with Crippen molar-refractivity contribution >= 4 is 0 Å². The van der Waals surface area contributed by atoms with Crippen LogP contribution in [0.4, 0.5) is 0 Å². The van der Waals surface area contributed by atoms with Crippen molar-refractivity contribution in [2.45, 2.75) is 60.2 Å². The zero-order valence-corrected chi connectivity index (χ0v) is 19.4. The second-order valence-electron chi connectivity index (χ2n) is 11.1. The second-order valence-corrected chi connectivity index (χ2v) is 11.1. The van der Waals surface area contributed by atoms with Gasteiger partial charge in [-0.05, 0) is 48.1 Å². The topological polar surface area (TPSA) is 52.9 Å². The first kappa shape index (κ1) is 24.3. The quantitative estimate of drug-likeness (QED) is 0.646. The van der Waals surface area contributed by atoms with Gasteiger partial charge in [0, 0.05) is 25.6 Å². The molecule has 0 unspecified atom stereocenters. The molecule has 1 aliphatic rings. The fourth-order valence-corrected chi connectivity index (χ4v) is 4.82. The summed E-state index contributed by atoms with van der Waals surface area (Å²) in [7, 11) is 2.11. The molecule has 2 rings (SSSR count). The van der Waals surface area contributed by atoms with Crippen LogP contribution in [0, 0.1) is 28.6 Å². The Morgan fingerprint density at radius 1 is 1.14 bits per heavy atom. The van der Waals surface area contributed by atoms with Gasteiger partial charge in [-0.3, -0.25) is 0 Å². The lowest BCUT2D eigenvalue weighted by Crippen LogP contribution is -2.47. The summed E-state index contributed by atoms with van der Waals surface area (Å²) in [5.74, 6) is 0.622. The lowest BCUT2D eigenvalue weighted by Gasteiger charge is -2.45. The van der Waals surface area contributed by atoms with Crippen LogP contribution in [0.25, 0.3) is 0 Å². The lowest BCUT2D eigenvalue weighted by molar-refractivity contribution is -0.0730. The fourth-order valence-electron chi connectivity index (χ4n) is 4.82. The minimum absolute atomic E-state index is 0.0707. The molecule has 0 aromatic heterocycles. The molecule has 2 N–H and O–H groups in total. The molecule has 0 spiro atoms. The second kappa shape index (κ2) is 10.4. The minimum atomic E-state index is -0.344. The number of hydrogen-bond donors (Lipinski definition) is 2. The fraction of sp³-hybridized carbons (Fsp3) is 0.760. The summed E-state index contributed by atoms with van der Waals surface area (Å²) in [6, 6.07) is 10.2. The monoisotopic (exact) mass is 405 g/mol. The van der Waals surface area contributed by atoms with Crippen LogP contribution in [0.1, 0.15) is 53.0 Å². The maximum Gasteiger partial charge on any atom is 0.0717 e. The highest BCUT2D eigenvalue weighted by atomic mass is 16.5. The predicted molar refractivity (Wildman–Crippen MR) is 120 cm³/mol. The average molecular weight is 406 g/mol. The number of rotatable bonds is 9. The third-order valence-corrected chi connectivity index (χ3v) is 6.56. The molecule has 0 amide bonds. The van der Waals surface area contributed by atoms with Crippen LogP contribution in [0.3, 0.4) is 0 Å². The normalized spacial score (nSPS) is 25.9. The number of aliphatic hydroxyl groups excluding tert-OH is 2. The SMILES string of the molecule is CN(C[C@@H]1CC(C)(C)C[C@H](COCc2ccccc2)[C@H]1O)C[C@H](CO)C(C)(C)C. The summed E-state index contributed by atoms with van der Waals surface area (Å²) in [4.78, 5) is 2.29. The zero-order chi connectivity index (χ0) is 21.7. The molecule has 1 aromatic rings. The summed E-state index contributed by atoms with van der Waals surface area (Å²) in [5.41, 5.74) is 1.44. The molecule has 0 aliphatic heterocycles. The van der Waals surface area contributed by atoms with Crippen molar-refractivity contribution in [1.82, 2.24) is 4.90 Å². The van der Waals surface area contributed by atoms with Crippen LogP contribution in [0.15, 0.2) is 30.3 Å². The van der Waals surface area contributed by atoms with E-state index < -0.39 is 0 Å². The van der Waals surface area contributed by atoms with E-state index in [0.717, 1.165) is 25.9 Å². The molecule has 0 bridgehead atoms. The van der Waals surface area contributed by atoms with Gasteiger partial charge in [-0.15, -0.1) is 0 Å². The van der Waals surface area contributed by atoms with E-state index in [9.17, 15) is 10.2 Å². The van der Waals surface area contributed by atoms with Gasteiger partial charge >= 0.3 is 0 Å². The Hall–Kier alpha value is -0.940. The molecule has 0 heterocycles. The van der Waals surface area contributed by atoms with Crippen molar-refractivity contribution in [2.75, 3.05) is 33.4 Å². The van der Waals surface area contributed by atoms with Gasteiger partial charge in [-0.1, -0.05) is 65.0 Å². The Balaban J connectivity index is 1.93. The number of hydrogen-bond acceptors (Lipinski definition) is 4. The van der Waals surface area contributed by atoms with Crippen molar-refractivity contribution in [1.29, 1.82) is 0 Å². The highest BCUT2D eigenvalue weighted by Crippen LogP contribution is 2.42. The van der Waals surface area contributed by atoms with E-state index in [1.165, 1.54) is 5.56 Å². The number of ether oxygens (including phenoxy) is 1. The molecule has 1 aliphatic carbocycles. The molecular weight excluding hydrogens is 362 g/mol. The van der Waals surface area contributed by atoms with Crippen LogP contribution in [0.5, 0.6) is 0 Å². The van der Waals surface area contributed by atoms with Gasteiger partial charge < -0.3 is 19.8 Å². The summed E-state index contributed by atoms with van der Waals surface area (Å²) in [5, 5.41) is 20.9. The molecule has 166 valence electrons. The summed E-state index contributed by atoms with van der Waals surface area (Å²) in [6.07, 6.45) is 1.67. The van der Waals surface area contributed by atoms with Crippen molar-refractivity contribution in [3.8, 4) is 0 Å².